The molecule has 112 valence electrons. The van der Waals surface area contributed by atoms with E-state index >= 15 is 0 Å². The van der Waals surface area contributed by atoms with Crippen molar-refractivity contribution in [2.45, 2.75) is 12.5 Å². The topological polar surface area (TPSA) is 93.8 Å². The van der Waals surface area contributed by atoms with E-state index in [2.05, 4.69) is 19.6 Å². The summed E-state index contributed by atoms with van der Waals surface area (Å²) < 4.78 is 25.8. The van der Waals surface area contributed by atoms with Gasteiger partial charge in [0.25, 0.3) is 6.01 Å². The zero-order valence-electron chi connectivity index (χ0n) is 11.0. The summed E-state index contributed by atoms with van der Waals surface area (Å²) in [5.41, 5.74) is 0.733. The van der Waals surface area contributed by atoms with Crippen molar-refractivity contribution in [2.24, 2.45) is 4.58 Å². The van der Waals surface area contributed by atoms with Crippen LogP contribution in [0.1, 0.15) is 6.42 Å². The lowest BCUT2D eigenvalue weighted by Crippen LogP contribution is -2.31. The van der Waals surface area contributed by atoms with Crippen LogP contribution in [0.25, 0.3) is 11.1 Å². The van der Waals surface area contributed by atoms with Crippen molar-refractivity contribution in [1.29, 1.82) is 0 Å². The van der Waals surface area contributed by atoms with E-state index < -0.39 is 17.8 Å². The molecule has 9 heteroatoms. The first-order valence-corrected chi connectivity index (χ1v) is 6.93. The molecule has 0 unspecified atom stereocenters. The Balaban J connectivity index is 2.13. The number of nitrogens with one attached hydrogen (secondary N) is 1. The summed E-state index contributed by atoms with van der Waals surface area (Å²) in [6.07, 6.45) is 0.302. The molecule has 1 atom stereocenters. The molecule has 1 heterocycles. The number of oxazole rings is 1. The van der Waals surface area contributed by atoms with Gasteiger partial charge in [0.15, 0.2) is 5.58 Å². The van der Waals surface area contributed by atoms with E-state index in [0.717, 1.165) is 11.9 Å². The second-order valence-corrected chi connectivity index (χ2v) is 4.86. The summed E-state index contributed by atoms with van der Waals surface area (Å²) in [6.45, 7) is 0. The maximum Gasteiger partial charge on any atom is 0.328 e. The Bertz CT molecular complexity index is 648. The van der Waals surface area contributed by atoms with Gasteiger partial charge < -0.3 is 14.5 Å². The number of benzene rings is 1. The van der Waals surface area contributed by atoms with Gasteiger partial charge in [-0.3, -0.25) is 0 Å². The average molecular weight is 313 g/mol. The van der Waals surface area contributed by atoms with Gasteiger partial charge in [0, 0.05) is 28.3 Å². The van der Waals surface area contributed by atoms with Crippen LogP contribution in [-0.2, 0) is 9.53 Å². The van der Waals surface area contributed by atoms with E-state index in [1.165, 1.54) is 25.3 Å². The molecule has 21 heavy (non-hydrogen) atoms. The van der Waals surface area contributed by atoms with Crippen molar-refractivity contribution in [3.05, 3.63) is 28.9 Å². The minimum Gasteiger partial charge on any atom is -0.467 e. The number of esters is 1. The highest BCUT2D eigenvalue weighted by atomic mass is 32.2. The quantitative estimate of drug-likeness (QED) is 0.363. The van der Waals surface area contributed by atoms with Crippen LogP contribution in [0.4, 0.5) is 10.4 Å². The van der Waals surface area contributed by atoms with E-state index in [-0.39, 0.29) is 6.01 Å². The summed E-state index contributed by atoms with van der Waals surface area (Å²) in [5.74, 6) is -0.610. The molecule has 1 N–H and O–H groups in total. The molecule has 0 amide bonds. The van der Waals surface area contributed by atoms with Gasteiger partial charge in [0.2, 0.25) is 0 Å². The highest BCUT2D eigenvalue weighted by Crippen LogP contribution is 2.21. The van der Waals surface area contributed by atoms with Gasteiger partial charge >= 0.3 is 5.97 Å². The first kappa shape index (κ1) is 15.2. The average Bonchev–Trinajstić information content (AvgIpc) is 2.87. The molecule has 2 rings (SSSR count). The number of aromatic nitrogens is 1. The third-order valence-electron chi connectivity index (χ3n) is 2.68. The number of nitrogens with zero attached hydrogens (tertiary/aromatic N) is 2. The predicted octanol–water partition coefficient (Wildman–Crippen LogP) is 2.73. The fourth-order valence-electron chi connectivity index (χ4n) is 1.71. The van der Waals surface area contributed by atoms with Gasteiger partial charge in [-0.15, -0.1) is 4.91 Å². The van der Waals surface area contributed by atoms with Crippen LogP contribution in [0, 0.1) is 10.7 Å². The number of carbonyl (C=O) groups excluding carboxylic acids is 1. The number of carbonyl (C=O) groups is 1. The smallest absolute Gasteiger partial charge is 0.328 e. The zero-order chi connectivity index (χ0) is 15.2. The van der Waals surface area contributed by atoms with E-state index in [4.69, 9.17) is 4.42 Å². The number of ether oxygens (including phenoxy) is 1. The monoisotopic (exact) mass is 313 g/mol. The van der Waals surface area contributed by atoms with Gasteiger partial charge in [-0.05, 0) is 18.6 Å². The van der Waals surface area contributed by atoms with Crippen LogP contribution in [0.5, 0.6) is 0 Å². The van der Waals surface area contributed by atoms with Crippen LogP contribution in [0.2, 0.25) is 0 Å². The number of rotatable bonds is 7. The largest absolute Gasteiger partial charge is 0.467 e. The molecular weight excluding hydrogens is 301 g/mol. The molecule has 0 saturated carbocycles. The standard InChI is InChI=1S/C12H12FN3O4S/c1-19-11(17)8(4-5-21-16-18)14-12-15-9-6-7(13)2-3-10(9)20-12/h2-3,6,8H,4-5H2,1H3,(H,14,15)/t8-/m0/s1. The van der Waals surface area contributed by atoms with E-state index in [9.17, 15) is 14.1 Å². The maximum absolute atomic E-state index is 13.1. The summed E-state index contributed by atoms with van der Waals surface area (Å²) in [4.78, 5) is 25.7. The molecule has 0 fully saturated rings. The van der Waals surface area contributed by atoms with Crippen molar-refractivity contribution in [3.8, 4) is 0 Å². The number of nitroso groups, excluding NO2 is 1. The van der Waals surface area contributed by atoms with Crippen LogP contribution in [0.3, 0.4) is 0 Å². The van der Waals surface area contributed by atoms with Crippen molar-refractivity contribution >= 4 is 35.0 Å². The van der Waals surface area contributed by atoms with Gasteiger partial charge in [-0.2, -0.15) is 4.98 Å². The number of methoxy groups -OCH3 is 1. The molecule has 0 aliphatic heterocycles. The Morgan fingerprint density at radius 2 is 2.43 bits per heavy atom. The highest BCUT2D eigenvalue weighted by molar-refractivity contribution is 7.97. The van der Waals surface area contributed by atoms with Gasteiger partial charge in [0.1, 0.15) is 17.4 Å². The van der Waals surface area contributed by atoms with Crippen molar-refractivity contribution in [3.63, 3.8) is 0 Å². The molecule has 2 aromatic rings. The van der Waals surface area contributed by atoms with Crippen LogP contribution >= 0.6 is 11.9 Å². The number of halogens is 1. The first-order chi connectivity index (χ1) is 10.1. The Morgan fingerprint density at radius 3 is 3.14 bits per heavy atom. The Hall–Kier alpha value is -2.16. The molecule has 0 aliphatic carbocycles. The summed E-state index contributed by atoms with van der Waals surface area (Å²) in [5, 5.41) is 2.77. The number of hydrogen-bond acceptors (Lipinski definition) is 8. The first-order valence-electron chi connectivity index (χ1n) is 5.99. The molecule has 0 aliphatic rings. The third kappa shape index (κ3) is 3.91. The number of fused-ring (bicyclic) bond motifs is 1. The third-order valence-corrected chi connectivity index (χ3v) is 3.21. The lowest BCUT2D eigenvalue weighted by molar-refractivity contribution is -0.141. The molecule has 0 saturated heterocycles. The van der Waals surface area contributed by atoms with Gasteiger partial charge in [0.05, 0.1) is 7.11 Å². The number of anilines is 1. The second-order valence-electron chi connectivity index (χ2n) is 4.05. The molecule has 0 spiro atoms. The summed E-state index contributed by atoms with van der Waals surface area (Å²) in [7, 11) is 1.25. The minimum atomic E-state index is -0.734. The van der Waals surface area contributed by atoms with Crippen LogP contribution < -0.4 is 5.32 Å². The summed E-state index contributed by atoms with van der Waals surface area (Å²) >= 11 is 0.803. The van der Waals surface area contributed by atoms with E-state index in [0.29, 0.717) is 23.3 Å². The SMILES string of the molecule is COC(=O)[C@H](CCSN=O)Nc1nc2cc(F)ccc2o1. The Kier molecular flexibility index (Phi) is 5.09. The van der Waals surface area contributed by atoms with Crippen molar-refractivity contribution in [1.82, 2.24) is 4.98 Å². The fourth-order valence-corrected chi connectivity index (χ4v) is 2.13. The van der Waals surface area contributed by atoms with Gasteiger partial charge in [-0.25, -0.2) is 9.18 Å². The van der Waals surface area contributed by atoms with Crippen molar-refractivity contribution in [2.75, 3.05) is 18.2 Å². The zero-order valence-corrected chi connectivity index (χ0v) is 11.9. The van der Waals surface area contributed by atoms with Gasteiger partial charge in [-0.1, -0.05) is 0 Å². The lowest BCUT2D eigenvalue weighted by atomic mass is 10.2. The molecule has 0 bridgehead atoms. The molecular formula is C12H12FN3O4S. The molecule has 1 aromatic carbocycles. The van der Waals surface area contributed by atoms with Crippen LogP contribution in [-0.4, -0.2) is 29.9 Å². The van der Waals surface area contributed by atoms with E-state index in [1.807, 2.05) is 0 Å². The molecule has 7 nitrogen and oxygen atoms in total. The summed E-state index contributed by atoms with van der Waals surface area (Å²) in [6, 6.07) is 3.27. The van der Waals surface area contributed by atoms with E-state index in [1.54, 1.807) is 0 Å². The van der Waals surface area contributed by atoms with Crippen LogP contribution in [0.15, 0.2) is 27.2 Å². The number of hydrogen-bond donors (Lipinski definition) is 1. The predicted molar refractivity (Wildman–Crippen MR) is 76.3 cm³/mol. The highest BCUT2D eigenvalue weighted by Gasteiger charge is 2.21. The second kappa shape index (κ2) is 7.02. The normalized spacial score (nSPS) is 12.1. The molecule has 1 aromatic heterocycles. The Labute approximate surface area is 123 Å². The Morgan fingerprint density at radius 1 is 1.62 bits per heavy atom. The lowest BCUT2D eigenvalue weighted by Gasteiger charge is -2.13. The maximum atomic E-state index is 13.1. The fraction of sp³-hybridized carbons (Fsp3) is 0.333. The minimum absolute atomic E-state index is 0.0788. The molecule has 0 radical (unpaired) electrons. The van der Waals surface area contributed by atoms with Crippen molar-refractivity contribution < 1.29 is 18.3 Å².